The molecule has 214 valence electrons. The Morgan fingerprint density at radius 3 is 1.93 bits per heavy atom. The minimum Gasteiger partial charge on any atom is -0.352 e. The van der Waals surface area contributed by atoms with Gasteiger partial charge in [-0.25, -0.2) is 4.31 Å². The Bertz CT molecular complexity index is 1380. The molecule has 40 heavy (non-hydrogen) atoms. The molecular formula is C29H34Cl2N4O4S. The average molecular weight is 606 g/mol. The second kappa shape index (κ2) is 14.0. The van der Waals surface area contributed by atoms with Crippen molar-refractivity contribution in [2.45, 2.75) is 38.9 Å². The van der Waals surface area contributed by atoms with Crippen molar-refractivity contribution in [3.63, 3.8) is 0 Å². The van der Waals surface area contributed by atoms with Crippen molar-refractivity contribution in [1.82, 2.24) is 14.5 Å². The van der Waals surface area contributed by atoms with E-state index in [4.69, 9.17) is 23.2 Å². The Balaban J connectivity index is 2.12. The molecule has 0 heterocycles. The van der Waals surface area contributed by atoms with Gasteiger partial charge in [0.1, 0.15) is 12.6 Å². The molecule has 1 unspecified atom stereocenters. The summed E-state index contributed by atoms with van der Waals surface area (Å²) in [6, 6.07) is 21.5. The topological polar surface area (TPSA) is 90.0 Å². The third-order valence-electron chi connectivity index (χ3n) is 6.16. The lowest BCUT2D eigenvalue weighted by atomic mass is 10.0. The minimum atomic E-state index is -4.07. The van der Waals surface area contributed by atoms with Crippen molar-refractivity contribution < 1.29 is 18.0 Å². The van der Waals surface area contributed by atoms with E-state index in [1.54, 1.807) is 48.5 Å². The molecule has 3 aromatic rings. The molecule has 8 nitrogen and oxygen atoms in total. The van der Waals surface area contributed by atoms with Gasteiger partial charge in [-0.1, -0.05) is 77.8 Å². The third-order valence-corrected chi connectivity index (χ3v) is 8.68. The van der Waals surface area contributed by atoms with Crippen LogP contribution in [0.2, 0.25) is 10.0 Å². The normalized spacial score (nSPS) is 12.3. The number of amides is 2. The highest BCUT2D eigenvalue weighted by atomic mass is 35.5. The fourth-order valence-electron chi connectivity index (χ4n) is 4.10. The van der Waals surface area contributed by atoms with Gasteiger partial charge in [0.25, 0.3) is 0 Å². The van der Waals surface area contributed by atoms with Crippen LogP contribution in [0.1, 0.15) is 25.0 Å². The van der Waals surface area contributed by atoms with Gasteiger partial charge in [-0.2, -0.15) is 12.7 Å². The van der Waals surface area contributed by atoms with Gasteiger partial charge in [0.2, 0.25) is 11.8 Å². The highest BCUT2D eigenvalue weighted by Crippen LogP contribution is 2.28. The number of anilines is 1. The van der Waals surface area contributed by atoms with Crippen molar-refractivity contribution in [3.05, 3.63) is 100 Å². The lowest BCUT2D eigenvalue weighted by molar-refractivity contribution is -0.140. The lowest BCUT2D eigenvalue weighted by Crippen LogP contribution is -2.55. The van der Waals surface area contributed by atoms with E-state index in [1.807, 2.05) is 44.2 Å². The Hall–Kier alpha value is -3.11. The number of carbonyl (C=O) groups excluding carboxylic acids is 2. The van der Waals surface area contributed by atoms with Crippen LogP contribution < -0.4 is 9.62 Å². The van der Waals surface area contributed by atoms with Crippen molar-refractivity contribution in [3.8, 4) is 0 Å². The zero-order valence-corrected chi connectivity index (χ0v) is 25.2. The lowest BCUT2D eigenvalue weighted by Gasteiger charge is -2.35. The molecule has 3 rings (SSSR count). The molecule has 0 saturated carbocycles. The van der Waals surface area contributed by atoms with Crippen LogP contribution in [-0.2, 0) is 32.8 Å². The number of halogens is 2. The standard InChI is InChI=1S/C29H34Cl2N4O4S/c1-21(2)32-29(37)27(18-22-12-7-5-8-13-22)34(19-24-25(30)16-11-17-26(24)31)28(36)20-35(40(38,39)33(3)4)23-14-9-6-10-15-23/h5-17,21,27H,18-20H2,1-4H3,(H,32,37). The first-order valence-corrected chi connectivity index (χ1v) is 14.9. The molecule has 0 fully saturated rings. The summed E-state index contributed by atoms with van der Waals surface area (Å²) in [5.74, 6) is -0.970. The molecule has 1 N–H and O–H groups in total. The first kappa shape index (κ1) is 31.4. The Kier molecular flexibility index (Phi) is 11.0. The molecule has 0 bridgehead atoms. The molecule has 1 atom stereocenters. The van der Waals surface area contributed by atoms with E-state index in [9.17, 15) is 18.0 Å². The molecule has 0 saturated heterocycles. The van der Waals surface area contributed by atoms with Crippen molar-refractivity contribution in [2.24, 2.45) is 0 Å². The fraction of sp³-hybridized carbons (Fsp3) is 0.310. The minimum absolute atomic E-state index is 0.106. The van der Waals surface area contributed by atoms with Crippen molar-refractivity contribution >= 4 is 50.9 Å². The summed E-state index contributed by atoms with van der Waals surface area (Å²) in [5, 5.41) is 3.56. The maximum absolute atomic E-state index is 14.2. The summed E-state index contributed by atoms with van der Waals surface area (Å²) in [7, 11) is -1.28. The fourth-order valence-corrected chi connectivity index (χ4v) is 5.67. The molecule has 11 heteroatoms. The van der Waals surface area contributed by atoms with Crippen LogP contribution in [-0.4, -0.2) is 62.2 Å². The quantitative estimate of drug-likeness (QED) is 0.322. The number of nitrogens with zero attached hydrogens (tertiary/aromatic N) is 3. The van der Waals surface area contributed by atoms with Gasteiger partial charge in [-0.3, -0.25) is 9.59 Å². The summed E-state index contributed by atoms with van der Waals surface area (Å²) in [4.78, 5) is 29.2. The highest BCUT2D eigenvalue weighted by Gasteiger charge is 2.35. The Morgan fingerprint density at radius 2 is 1.40 bits per heavy atom. The van der Waals surface area contributed by atoms with E-state index in [0.29, 0.717) is 21.3 Å². The number of carbonyl (C=O) groups is 2. The van der Waals surface area contributed by atoms with Gasteiger partial charge in [0, 0.05) is 48.7 Å². The first-order chi connectivity index (χ1) is 18.9. The summed E-state index contributed by atoms with van der Waals surface area (Å²) >= 11 is 13.0. The number of rotatable bonds is 12. The van der Waals surface area contributed by atoms with Crippen molar-refractivity contribution in [2.75, 3.05) is 24.9 Å². The number of benzene rings is 3. The summed E-state index contributed by atoms with van der Waals surface area (Å²) in [5.41, 5.74) is 1.60. The third kappa shape index (κ3) is 7.97. The summed E-state index contributed by atoms with van der Waals surface area (Å²) < 4.78 is 28.8. The van der Waals surface area contributed by atoms with Gasteiger partial charge in [0.05, 0.1) is 5.69 Å². The van der Waals surface area contributed by atoms with Crippen LogP contribution in [0.3, 0.4) is 0 Å². The molecular weight excluding hydrogens is 571 g/mol. The number of hydrogen-bond acceptors (Lipinski definition) is 4. The van der Waals surface area contributed by atoms with E-state index < -0.39 is 28.7 Å². The first-order valence-electron chi connectivity index (χ1n) is 12.7. The number of nitrogens with one attached hydrogen (secondary N) is 1. The van der Waals surface area contributed by atoms with Gasteiger partial charge < -0.3 is 10.2 Å². The van der Waals surface area contributed by atoms with Crippen LogP contribution in [0.5, 0.6) is 0 Å². The monoisotopic (exact) mass is 604 g/mol. The molecule has 0 aliphatic rings. The molecule has 0 radical (unpaired) electrons. The van der Waals surface area contributed by atoms with E-state index in [-0.39, 0.29) is 24.9 Å². The second-order valence-electron chi connectivity index (χ2n) is 9.72. The van der Waals surface area contributed by atoms with E-state index in [2.05, 4.69) is 5.32 Å². The smallest absolute Gasteiger partial charge is 0.304 e. The molecule has 3 aromatic carbocycles. The Morgan fingerprint density at radius 1 is 0.850 bits per heavy atom. The van der Waals surface area contributed by atoms with E-state index in [1.165, 1.54) is 19.0 Å². The Labute approximate surface area is 246 Å². The molecule has 2 amide bonds. The predicted octanol–water partition coefficient (Wildman–Crippen LogP) is 4.77. The van der Waals surface area contributed by atoms with Crippen LogP contribution in [0.4, 0.5) is 5.69 Å². The van der Waals surface area contributed by atoms with Crippen LogP contribution >= 0.6 is 23.2 Å². The van der Waals surface area contributed by atoms with E-state index >= 15 is 0 Å². The van der Waals surface area contributed by atoms with Crippen molar-refractivity contribution in [1.29, 1.82) is 0 Å². The second-order valence-corrected chi connectivity index (χ2v) is 12.6. The van der Waals surface area contributed by atoms with E-state index in [0.717, 1.165) is 14.2 Å². The van der Waals surface area contributed by atoms with Gasteiger partial charge in [-0.15, -0.1) is 0 Å². The molecule has 0 aliphatic heterocycles. The van der Waals surface area contributed by atoms with Gasteiger partial charge in [0.15, 0.2) is 0 Å². The maximum atomic E-state index is 14.2. The maximum Gasteiger partial charge on any atom is 0.304 e. The number of hydrogen-bond donors (Lipinski definition) is 1. The largest absolute Gasteiger partial charge is 0.352 e. The molecule has 0 spiro atoms. The predicted molar refractivity (Wildman–Crippen MR) is 161 cm³/mol. The molecule has 0 aromatic heterocycles. The average Bonchev–Trinajstić information content (AvgIpc) is 2.91. The summed E-state index contributed by atoms with van der Waals surface area (Å²) in [6.07, 6.45) is 0.193. The number of para-hydroxylation sites is 1. The van der Waals surface area contributed by atoms with Crippen LogP contribution in [0.15, 0.2) is 78.9 Å². The van der Waals surface area contributed by atoms with Gasteiger partial charge in [-0.05, 0) is 43.7 Å². The zero-order chi connectivity index (χ0) is 29.4. The highest BCUT2D eigenvalue weighted by molar-refractivity contribution is 7.90. The van der Waals surface area contributed by atoms with Crippen LogP contribution in [0.25, 0.3) is 0 Å². The van der Waals surface area contributed by atoms with Gasteiger partial charge >= 0.3 is 10.2 Å². The zero-order valence-electron chi connectivity index (χ0n) is 22.9. The SMILES string of the molecule is CC(C)NC(=O)C(Cc1ccccc1)N(Cc1c(Cl)cccc1Cl)C(=O)CN(c1ccccc1)S(=O)(=O)N(C)C. The summed E-state index contributed by atoms with van der Waals surface area (Å²) in [6.45, 7) is 3.00. The van der Waals surface area contributed by atoms with Crippen LogP contribution in [0, 0.1) is 0 Å². The molecule has 0 aliphatic carbocycles.